The molecule has 10 heavy (non-hydrogen) atoms. The zero-order valence-corrected chi connectivity index (χ0v) is 6.64. The fraction of sp³-hybridized carbons (Fsp3) is 0.778. The molecular weight excluding hydrogens is 124 g/mol. The van der Waals surface area contributed by atoms with Crippen LogP contribution in [0.5, 0.6) is 0 Å². The molecule has 1 N–H and O–H groups in total. The summed E-state index contributed by atoms with van der Waals surface area (Å²) in [5.41, 5.74) is 1.25. The number of aliphatic hydroxyl groups excluding tert-OH is 1. The lowest BCUT2D eigenvalue weighted by Crippen LogP contribution is -2.21. The minimum atomic E-state index is 0.292. The van der Waals surface area contributed by atoms with Crippen LogP contribution < -0.4 is 0 Å². The van der Waals surface area contributed by atoms with Gasteiger partial charge in [-0.15, -0.1) is 0 Å². The van der Waals surface area contributed by atoms with Gasteiger partial charge in [0, 0.05) is 12.5 Å². The Morgan fingerprint density at radius 2 is 2.40 bits per heavy atom. The van der Waals surface area contributed by atoms with E-state index in [4.69, 9.17) is 5.11 Å². The summed E-state index contributed by atoms with van der Waals surface area (Å²) in [7, 11) is 0. The third kappa shape index (κ3) is 1.40. The summed E-state index contributed by atoms with van der Waals surface area (Å²) in [5, 5.41) is 8.97. The van der Waals surface area contributed by atoms with Crippen molar-refractivity contribution in [3.63, 3.8) is 0 Å². The Labute approximate surface area is 62.8 Å². The average Bonchev–Trinajstić information content (AvgIpc) is 1.88. The molecule has 2 atom stereocenters. The molecule has 0 aliphatic heterocycles. The van der Waals surface area contributed by atoms with E-state index in [-0.39, 0.29) is 0 Å². The van der Waals surface area contributed by atoms with Gasteiger partial charge in [0.2, 0.25) is 0 Å². The van der Waals surface area contributed by atoms with Crippen molar-refractivity contribution >= 4 is 0 Å². The monoisotopic (exact) mass is 140 g/mol. The fourth-order valence-electron chi connectivity index (χ4n) is 1.75. The molecule has 0 radical (unpaired) electrons. The predicted octanol–water partition coefficient (Wildman–Crippen LogP) is 1.97. The number of aliphatic hydroxyl groups is 1. The summed E-state index contributed by atoms with van der Waals surface area (Å²) in [4.78, 5) is 0. The molecule has 0 bridgehead atoms. The van der Waals surface area contributed by atoms with Crippen molar-refractivity contribution in [1.82, 2.24) is 0 Å². The van der Waals surface area contributed by atoms with Gasteiger partial charge in [0.25, 0.3) is 0 Å². The van der Waals surface area contributed by atoms with Gasteiger partial charge in [0.05, 0.1) is 0 Å². The summed E-state index contributed by atoms with van der Waals surface area (Å²) in [6, 6.07) is 0. The van der Waals surface area contributed by atoms with E-state index in [1.807, 2.05) is 0 Å². The summed E-state index contributed by atoms with van der Waals surface area (Å²) in [6.45, 7) is 6.45. The van der Waals surface area contributed by atoms with Crippen LogP contribution in [0.2, 0.25) is 0 Å². The van der Waals surface area contributed by atoms with Crippen molar-refractivity contribution in [1.29, 1.82) is 0 Å². The zero-order valence-electron chi connectivity index (χ0n) is 6.64. The van der Waals surface area contributed by atoms with Crippen molar-refractivity contribution in [3.8, 4) is 0 Å². The van der Waals surface area contributed by atoms with Crippen LogP contribution >= 0.6 is 0 Å². The molecule has 0 aromatic rings. The van der Waals surface area contributed by atoms with Gasteiger partial charge in [-0.25, -0.2) is 0 Å². The van der Waals surface area contributed by atoms with Crippen LogP contribution in [0.25, 0.3) is 0 Å². The Morgan fingerprint density at radius 1 is 1.70 bits per heavy atom. The summed E-state index contributed by atoms with van der Waals surface area (Å²) in [6.07, 6.45) is 3.64. The van der Waals surface area contributed by atoms with E-state index in [1.165, 1.54) is 18.4 Å². The van der Waals surface area contributed by atoms with E-state index < -0.39 is 0 Å². The van der Waals surface area contributed by atoms with E-state index in [2.05, 4.69) is 13.5 Å². The third-order valence-corrected chi connectivity index (χ3v) is 2.57. The van der Waals surface area contributed by atoms with Crippen LogP contribution in [0.3, 0.4) is 0 Å². The maximum absolute atomic E-state index is 8.97. The van der Waals surface area contributed by atoms with Crippen molar-refractivity contribution in [2.75, 3.05) is 6.61 Å². The number of rotatable bonds is 1. The molecule has 0 amide bonds. The molecule has 1 rings (SSSR count). The summed E-state index contributed by atoms with van der Waals surface area (Å²) >= 11 is 0. The summed E-state index contributed by atoms with van der Waals surface area (Å²) < 4.78 is 0. The van der Waals surface area contributed by atoms with E-state index in [0.717, 1.165) is 6.42 Å². The second kappa shape index (κ2) is 3.20. The Bertz CT molecular complexity index is 129. The molecule has 0 aromatic heterocycles. The lowest BCUT2D eigenvalue weighted by atomic mass is 9.78. The van der Waals surface area contributed by atoms with Gasteiger partial charge < -0.3 is 5.11 Å². The molecule has 0 aromatic carbocycles. The van der Waals surface area contributed by atoms with Crippen LogP contribution in [0.4, 0.5) is 0 Å². The second-order valence-corrected chi connectivity index (χ2v) is 3.32. The van der Waals surface area contributed by atoms with E-state index in [0.29, 0.717) is 18.4 Å². The first kappa shape index (κ1) is 7.80. The molecule has 1 aliphatic rings. The van der Waals surface area contributed by atoms with Gasteiger partial charge in [0.1, 0.15) is 0 Å². The maximum atomic E-state index is 8.97. The topological polar surface area (TPSA) is 20.2 Å². The quantitative estimate of drug-likeness (QED) is 0.552. The highest BCUT2D eigenvalue weighted by molar-refractivity contribution is 5.05. The third-order valence-electron chi connectivity index (χ3n) is 2.57. The Morgan fingerprint density at radius 3 is 2.80 bits per heavy atom. The van der Waals surface area contributed by atoms with Crippen molar-refractivity contribution < 1.29 is 5.11 Å². The van der Waals surface area contributed by atoms with E-state index in [9.17, 15) is 0 Å². The van der Waals surface area contributed by atoms with Crippen LogP contribution in [0.15, 0.2) is 12.2 Å². The van der Waals surface area contributed by atoms with Crippen LogP contribution in [-0.2, 0) is 0 Å². The molecule has 1 aliphatic carbocycles. The van der Waals surface area contributed by atoms with Gasteiger partial charge in [-0.05, 0) is 25.2 Å². The number of hydrogen-bond donors (Lipinski definition) is 1. The summed E-state index contributed by atoms with van der Waals surface area (Å²) in [5.74, 6) is 1.03. The first-order chi connectivity index (χ1) is 4.75. The highest BCUT2D eigenvalue weighted by Crippen LogP contribution is 2.32. The van der Waals surface area contributed by atoms with Gasteiger partial charge >= 0.3 is 0 Å². The standard InChI is InChI=1S/C9H16O/c1-7-4-3-5-8(2)9(7)6-10/h8-10H,1,3-6H2,2H3. The van der Waals surface area contributed by atoms with Gasteiger partial charge in [-0.2, -0.15) is 0 Å². The molecule has 0 heterocycles. The highest BCUT2D eigenvalue weighted by atomic mass is 16.3. The Kier molecular flexibility index (Phi) is 2.50. The molecule has 1 fully saturated rings. The van der Waals surface area contributed by atoms with E-state index >= 15 is 0 Å². The first-order valence-corrected chi connectivity index (χ1v) is 4.04. The molecule has 2 unspecified atom stereocenters. The van der Waals surface area contributed by atoms with Gasteiger partial charge in [0.15, 0.2) is 0 Å². The largest absolute Gasteiger partial charge is 0.396 e. The molecule has 1 nitrogen and oxygen atoms in total. The number of hydrogen-bond acceptors (Lipinski definition) is 1. The minimum absolute atomic E-state index is 0.292. The molecule has 0 spiro atoms. The molecule has 58 valence electrons. The van der Waals surface area contributed by atoms with Crippen LogP contribution in [-0.4, -0.2) is 11.7 Å². The van der Waals surface area contributed by atoms with Crippen molar-refractivity contribution in [3.05, 3.63) is 12.2 Å². The fourth-order valence-corrected chi connectivity index (χ4v) is 1.75. The van der Waals surface area contributed by atoms with Crippen molar-refractivity contribution in [2.45, 2.75) is 26.2 Å². The molecule has 1 heteroatoms. The van der Waals surface area contributed by atoms with Gasteiger partial charge in [-0.1, -0.05) is 19.1 Å². The first-order valence-electron chi connectivity index (χ1n) is 4.04. The van der Waals surface area contributed by atoms with Crippen LogP contribution in [0, 0.1) is 11.8 Å². The Balaban J connectivity index is 2.53. The van der Waals surface area contributed by atoms with E-state index in [1.54, 1.807) is 0 Å². The average molecular weight is 140 g/mol. The maximum Gasteiger partial charge on any atom is 0.0498 e. The highest BCUT2D eigenvalue weighted by Gasteiger charge is 2.22. The normalized spacial score (nSPS) is 34.4. The predicted molar refractivity (Wildman–Crippen MR) is 42.7 cm³/mol. The zero-order chi connectivity index (χ0) is 7.56. The minimum Gasteiger partial charge on any atom is -0.396 e. The van der Waals surface area contributed by atoms with Gasteiger partial charge in [-0.3, -0.25) is 0 Å². The van der Waals surface area contributed by atoms with Crippen LogP contribution in [0.1, 0.15) is 26.2 Å². The lowest BCUT2D eigenvalue weighted by molar-refractivity contribution is 0.184. The Hall–Kier alpha value is -0.300. The smallest absolute Gasteiger partial charge is 0.0498 e. The van der Waals surface area contributed by atoms with Crippen molar-refractivity contribution in [2.24, 2.45) is 11.8 Å². The second-order valence-electron chi connectivity index (χ2n) is 3.32. The molecule has 1 saturated carbocycles. The molecule has 0 saturated heterocycles. The lowest BCUT2D eigenvalue weighted by Gasteiger charge is -2.29. The molecular formula is C9H16O. The SMILES string of the molecule is C=C1CCCC(C)C1CO.